The lowest BCUT2D eigenvalue weighted by Gasteiger charge is -2.22. The minimum atomic E-state index is -4.04. The largest absolute Gasteiger partial charge is 0.466 e. The number of rotatable bonds is 9. The Morgan fingerprint density at radius 1 is 1.14 bits per heavy atom. The number of methoxy groups -OCH3 is 1. The van der Waals surface area contributed by atoms with E-state index in [2.05, 4.69) is 4.74 Å². The van der Waals surface area contributed by atoms with Crippen LogP contribution in [0, 0.1) is 12.3 Å². The van der Waals surface area contributed by atoms with Crippen molar-refractivity contribution in [2.24, 2.45) is 5.41 Å². The maximum Gasteiger partial charge on any atom is 0.423 e. The van der Waals surface area contributed by atoms with Crippen molar-refractivity contribution in [3.05, 3.63) is 42.0 Å². The lowest BCUT2D eigenvalue weighted by Crippen LogP contribution is -2.37. The number of ether oxygens (including phenoxy) is 2. The van der Waals surface area contributed by atoms with Crippen LogP contribution >= 0.6 is 0 Å². The van der Waals surface area contributed by atoms with Crippen molar-refractivity contribution >= 4 is 22.1 Å². The van der Waals surface area contributed by atoms with Gasteiger partial charge in [-0.1, -0.05) is 43.7 Å². The molecule has 1 aromatic carbocycles. The van der Waals surface area contributed by atoms with Crippen LogP contribution in [-0.4, -0.2) is 45.0 Å². The Balaban J connectivity index is 2.87. The molecule has 0 saturated carbocycles. The van der Waals surface area contributed by atoms with Crippen LogP contribution < -0.4 is 0 Å². The number of hydrogen-bond acceptors (Lipinski definition) is 6. The van der Waals surface area contributed by atoms with E-state index in [0.717, 1.165) is 12.7 Å². The zero-order chi connectivity index (χ0) is 21.4. The van der Waals surface area contributed by atoms with Crippen molar-refractivity contribution < 1.29 is 27.5 Å². The monoisotopic (exact) mass is 411 g/mol. The lowest BCUT2D eigenvalue weighted by atomic mass is 9.85. The molecule has 0 unspecified atom stereocenters. The van der Waals surface area contributed by atoms with Gasteiger partial charge in [-0.25, -0.2) is 13.2 Å². The molecule has 0 fully saturated rings. The summed E-state index contributed by atoms with van der Waals surface area (Å²) in [6.07, 6.45) is 3.13. The fourth-order valence-corrected chi connectivity index (χ4v) is 3.75. The number of aryl methyl sites for hydroxylation is 1. The van der Waals surface area contributed by atoms with E-state index in [4.69, 9.17) is 4.74 Å². The highest BCUT2D eigenvalue weighted by atomic mass is 32.2. The lowest BCUT2D eigenvalue weighted by molar-refractivity contribution is -0.145. The summed E-state index contributed by atoms with van der Waals surface area (Å²) in [7, 11) is -2.91. The second kappa shape index (κ2) is 10.3. The van der Waals surface area contributed by atoms with Crippen LogP contribution in [0.3, 0.4) is 0 Å². The highest BCUT2D eigenvalue weighted by Gasteiger charge is 2.29. The predicted molar refractivity (Wildman–Crippen MR) is 106 cm³/mol. The number of carbonyl (C=O) groups is 2. The minimum absolute atomic E-state index is 0.0135. The Kier molecular flexibility index (Phi) is 8.68. The number of hydrogen-bond donors (Lipinski definition) is 0. The van der Waals surface area contributed by atoms with E-state index < -0.39 is 16.1 Å². The summed E-state index contributed by atoms with van der Waals surface area (Å²) in [5.74, 6) is -0.279. The first-order valence-corrected chi connectivity index (χ1v) is 10.5. The van der Waals surface area contributed by atoms with Crippen LogP contribution in [0.5, 0.6) is 0 Å². The average Bonchev–Trinajstić information content (AvgIpc) is 2.60. The minimum Gasteiger partial charge on any atom is -0.466 e. The van der Waals surface area contributed by atoms with E-state index in [1.54, 1.807) is 31.2 Å². The molecule has 0 spiro atoms. The molecule has 0 aromatic heterocycles. The van der Waals surface area contributed by atoms with Gasteiger partial charge in [-0.05, 0) is 37.8 Å². The zero-order valence-electron chi connectivity index (χ0n) is 17.1. The van der Waals surface area contributed by atoms with Crippen LogP contribution in [0.25, 0.3) is 0 Å². The number of esters is 1. The summed E-state index contributed by atoms with van der Waals surface area (Å²) >= 11 is 0. The maximum absolute atomic E-state index is 12.8. The summed E-state index contributed by atoms with van der Waals surface area (Å²) in [5.41, 5.74) is 0.557. The van der Waals surface area contributed by atoms with Crippen LogP contribution in [0.1, 0.15) is 39.2 Å². The standard InChI is InChI=1S/C20H29NO6S/c1-6-27-18(22)15-20(3,4)13-7-8-14-21(19(23)26-5)28(24,25)17-11-9-16(2)10-12-17/h7-12H,6,13-15H2,1-5H3/b8-7+. The van der Waals surface area contributed by atoms with Gasteiger partial charge < -0.3 is 9.47 Å². The Morgan fingerprint density at radius 2 is 1.75 bits per heavy atom. The molecule has 0 N–H and O–H groups in total. The topological polar surface area (TPSA) is 90.0 Å². The summed E-state index contributed by atoms with van der Waals surface area (Å²) in [4.78, 5) is 23.7. The van der Waals surface area contributed by atoms with Crippen molar-refractivity contribution in [3.8, 4) is 0 Å². The van der Waals surface area contributed by atoms with E-state index in [-0.39, 0.29) is 29.2 Å². The average molecular weight is 412 g/mol. The maximum atomic E-state index is 12.8. The molecule has 156 valence electrons. The molecule has 1 amide bonds. The third-order valence-electron chi connectivity index (χ3n) is 4.02. The van der Waals surface area contributed by atoms with Gasteiger partial charge in [-0.15, -0.1) is 0 Å². The molecular formula is C20H29NO6S. The smallest absolute Gasteiger partial charge is 0.423 e. The molecule has 28 heavy (non-hydrogen) atoms. The number of benzene rings is 1. The van der Waals surface area contributed by atoms with E-state index in [1.165, 1.54) is 12.1 Å². The Bertz CT molecular complexity index is 796. The Morgan fingerprint density at radius 3 is 2.29 bits per heavy atom. The third-order valence-corrected chi connectivity index (χ3v) is 5.77. The van der Waals surface area contributed by atoms with Gasteiger partial charge in [0.1, 0.15) is 0 Å². The number of nitrogens with zero attached hydrogens (tertiary/aromatic N) is 1. The molecule has 0 aliphatic rings. The summed E-state index contributed by atoms with van der Waals surface area (Å²) in [5, 5.41) is 0. The van der Waals surface area contributed by atoms with Gasteiger partial charge in [0, 0.05) is 0 Å². The van der Waals surface area contributed by atoms with Gasteiger partial charge in [0.15, 0.2) is 0 Å². The molecule has 1 rings (SSSR count). The highest BCUT2D eigenvalue weighted by Crippen LogP contribution is 2.26. The van der Waals surface area contributed by atoms with Gasteiger partial charge in [-0.3, -0.25) is 4.79 Å². The number of amides is 1. The zero-order valence-corrected chi connectivity index (χ0v) is 17.9. The quantitative estimate of drug-likeness (QED) is 0.455. The summed E-state index contributed by atoms with van der Waals surface area (Å²) < 4.78 is 35.8. The molecule has 1 aromatic rings. The van der Waals surface area contributed by atoms with Gasteiger partial charge in [-0.2, -0.15) is 4.31 Å². The molecule has 0 saturated heterocycles. The van der Waals surface area contributed by atoms with Gasteiger partial charge >= 0.3 is 12.1 Å². The van der Waals surface area contributed by atoms with Crippen LogP contribution in [-0.2, 0) is 24.3 Å². The Labute approximate surface area is 167 Å². The molecule has 0 heterocycles. The third kappa shape index (κ3) is 6.99. The molecule has 0 radical (unpaired) electrons. The first-order chi connectivity index (χ1) is 13.0. The van der Waals surface area contributed by atoms with E-state index in [0.29, 0.717) is 17.3 Å². The van der Waals surface area contributed by atoms with Crippen LogP contribution in [0.4, 0.5) is 4.79 Å². The Hall–Kier alpha value is -2.35. The van der Waals surface area contributed by atoms with Gasteiger partial charge in [0.2, 0.25) is 0 Å². The molecular weight excluding hydrogens is 382 g/mol. The highest BCUT2D eigenvalue weighted by molar-refractivity contribution is 7.89. The van der Waals surface area contributed by atoms with Crippen molar-refractivity contribution in [1.29, 1.82) is 0 Å². The van der Waals surface area contributed by atoms with Gasteiger partial charge in [0.05, 0.1) is 31.6 Å². The van der Waals surface area contributed by atoms with Crippen molar-refractivity contribution in [2.75, 3.05) is 20.3 Å². The number of sulfonamides is 1. The van der Waals surface area contributed by atoms with E-state index >= 15 is 0 Å². The molecule has 7 nitrogen and oxygen atoms in total. The number of carbonyl (C=O) groups excluding carboxylic acids is 2. The fourth-order valence-electron chi connectivity index (χ4n) is 2.46. The first kappa shape index (κ1) is 23.7. The second-order valence-electron chi connectivity index (χ2n) is 7.14. The van der Waals surface area contributed by atoms with E-state index in [9.17, 15) is 18.0 Å². The van der Waals surface area contributed by atoms with Crippen molar-refractivity contribution in [1.82, 2.24) is 4.31 Å². The van der Waals surface area contributed by atoms with Gasteiger partial charge in [0.25, 0.3) is 10.0 Å². The first-order valence-electron chi connectivity index (χ1n) is 9.01. The fraction of sp³-hybridized carbons (Fsp3) is 0.500. The van der Waals surface area contributed by atoms with E-state index in [1.807, 2.05) is 20.8 Å². The second-order valence-corrected chi connectivity index (χ2v) is 9.00. The summed E-state index contributed by atoms with van der Waals surface area (Å²) in [6.45, 7) is 7.58. The normalized spacial score (nSPS) is 12.0. The van der Waals surface area contributed by atoms with Crippen molar-refractivity contribution in [2.45, 2.75) is 45.4 Å². The molecule has 0 aliphatic heterocycles. The molecule has 0 atom stereocenters. The van der Waals surface area contributed by atoms with Crippen LogP contribution in [0.15, 0.2) is 41.3 Å². The summed E-state index contributed by atoms with van der Waals surface area (Å²) in [6, 6.07) is 6.23. The molecule has 8 heteroatoms. The predicted octanol–water partition coefficient (Wildman–Crippen LogP) is 3.68. The molecule has 0 aliphatic carbocycles. The molecule has 0 bridgehead atoms. The van der Waals surface area contributed by atoms with Crippen molar-refractivity contribution in [3.63, 3.8) is 0 Å². The van der Waals surface area contributed by atoms with Crippen LogP contribution in [0.2, 0.25) is 0 Å². The number of allylic oxidation sites excluding steroid dienone is 1. The SMILES string of the molecule is CCOC(=O)CC(C)(C)C/C=C/CN(C(=O)OC)S(=O)(=O)c1ccc(C)cc1.